The van der Waals surface area contributed by atoms with Crippen LogP contribution in [0.15, 0.2) is 0 Å². The van der Waals surface area contributed by atoms with E-state index in [1.165, 1.54) is 35.5 Å². The molecule has 6 atom stereocenters. The number of hydrogen-bond acceptors (Lipinski definition) is 0. The molecule has 0 aromatic carbocycles. The highest BCUT2D eigenvalue weighted by Gasteiger charge is 2.76. The van der Waals surface area contributed by atoms with Gasteiger partial charge in [0, 0.05) is 0 Å². The van der Waals surface area contributed by atoms with Gasteiger partial charge in [-0.25, -0.2) is 0 Å². The lowest BCUT2D eigenvalue weighted by molar-refractivity contribution is 0.0816. The summed E-state index contributed by atoms with van der Waals surface area (Å²) in [5, 5.41) is 0. The predicted molar refractivity (Wildman–Crippen MR) is 52.7 cm³/mol. The van der Waals surface area contributed by atoms with Crippen LogP contribution < -0.4 is 0 Å². The molecule has 0 heteroatoms. The summed E-state index contributed by atoms with van der Waals surface area (Å²) in [5.41, 5.74) is 0. The molecular formula is C14H16-2. The van der Waals surface area contributed by atoms with Crippen LogP contribution in [0.5, 0.6) is 0 Å². The maximum atomic E-state index is 2.76. The lowest BCUT2D eigenvalue weighted by Gasteiger charge is -2.55. The van der Waals surface area contributed by atoms with Gasteiger partial charge in [0.25, 0.3) is 0 Å². The third-order valence-corrected chi connectivity index (χ3v) is 7.08. The Hall–Kier alpha value is 0. The molecule has 0 radical (unpaired) electrons. The fourth-order valence-corrected chi connectivity index (χ4v) is 7.16. The van der Waals surface area contributed by atoms with Crippen molar-refractivity contribution in [3.8, 4) is 0 Å². The van der Waals surface area contributed by atoms with Gasteiger partial charge in [0.2, 0.25) is 0 Å². The van der Waals surface area contributed by atoms with Gasteiger partial charge in [-0.1, -0.05) is 17.8 Å². The lowest BCUT2D eigenvalue weighted by atomic mass is 9.60. The van der Waals surface area contributed by atoms with Crippen molar-refractivity contribution >= 4 is 0 Å². The van der Waals surface area contributed by atoms with Gasteiger partial charge in [-0.15, -0.1) is 6.42 Å². The molecule has 7 saturated carbocycles. The molecule has 0 aromatic rings. The van der Waals surface area contributed by atoms with Gasteiger partial charge in [-0.05, 0) is 30.1 Å². The van der Waals surface area contributed by atoms with E-state index in [9.17, 15) is 0 Å². The minimum absolute atomic E-state index is 0.954. The Morgan fingerprint density at radius 1 is 0.643 bits per heavy atom. The molecule has 0 nitrogen and oxygen atoms in total. The minimum atomic E-state index is 0.954. The number of fused-ring (bicyclic) bond motifs is 1. The molecule has 74 valence electrons. The van der Waals surface area contributed by atoms with Crippen molar-refractivity contribution in [2.45, 2.75) is 12.8 Å². The topological polar surface area (TPSA) is 0 Å². The second-order valence-electron chi connectivity index (χ2n) is 6.98. The van der Waals surface area contributed by atoms with E-state index in [0.717, 1.165) is 23.7 Å². The maximum absolute atomic E-state index is 2.76. The normalized spacial score (nSPS) is 84.0. The van der Waals surface area contributed by atoms with E-state index < -0.39 is 0 Å². The van der Waals surface area contributed by atoms with Gasteiger partial charge in [-0.2, -0.15) is 11.8 Å². The largest absolute Gasteiger partial charge is 0.351 e. The molecule has 0 saturated heterocycles. The Bertz CT molecular complexity index is 316. The average molecular weight is 184 g/mol. The molecule has 0 N–H and O–H groups in total. The molecule has 7 rings (SSSR count). The van der Waals surface area contributed by atoms with Crippen LogP contribution in [0.25, 0.3) is 0 Å². The van der Waals surface area contributed by atoms with Crippen molar-refractivity contribution in [1.29, 1.82) is 0 Å². The maximum Gasteiger partial charge on any atom is -0.0340 e. The second-order valence-corrected chi connectivity index (χ2v) is 6.98. The summed E-state index contributed by atoms with van der Waals surface area (Å²) in [5.74, 6) is 11.6. The minimum Gasteiger partial charge on any atom is -0.351 e. The molecular weight excluding hydrogens is 168 g/mol. The van der Waals surface area contributed by atoms with E-state index in [4.69, 9.17) is 0 Å². The number of hydrogen-bond donors (Lipinski definition) is 0. The fraction of sp³-hybridized carbons (Fsp3) is 0.857. The molecule has 8 bridgehead atoms. The summed E-state index contributed by atoms with van der Waals surface area (Å²) >= 11 is 0. The predicted octanol–water partition coefficient (Wildman–Crippen LogP) is 2.42. The van der Waals surface area contributed by atoms with Gasteiger partial charge in [0.15, 0.2) is 0 Å². The summed E-state index contributed by atoms with van der Waals surface area (Å²) in [6, 6.07) is 0. The van der Waals surface area contributed by atoms with Gasteiger partial charge < -0.3 is 12.8 Å². The summed E-state index contributed by atoms with van der Waals surface area (Å²) < 4.78 is 0. The van der Waals surface area contributed by atoms with Crippen LogP contribution in [0.4, 0.5) is 0 Å². The molecule has 0 heterocycles. The Morgan fingerprint density at radius 3 is 1.86 bits per heavy atom. The highest BCUT2D eigenvalue weighted by atomic mass is 14.8. The van der Waals surface area contributed by atoms with Crippen LogP contribution in [-0.2, 0) is 0 Å². The Balaban J connectivity index is 1.62. The third kappa shape index (κ3) is 0.432. The first-order valence-electron chi connectivity index (χ1n) is 6.63. The van der Waals surface area contributed by atoms with Crippen molar-refractivity contribution in [2.24, 2.45) is 59.2 Å². The SMILES string of the molecule is [CH-]1C2[CH-]C3C(C2)C1C1C2CC4C1C4C32. The van der Waals surface area contributed by atoms with Crippen LogP contribution in [0.3, 0.4) is 0 Å². The van der Waals surface area contributed by atoms with Gasteiger partial charge in [-0.3, -0.25) is 5.92 Å². The molecule has 0 spiro atoms. The monoisotopic (exact) mass is 184 g/mol. The van der Waals surface area contributed by atoms with Crippen molar-refractivity contribution in [2.75, 3.05) is 0 Å². The molecule has 6 unspecified atom stereocenters. The van der Waals surface area contributed by atoms with Gasteiger partial charge in [0.05, 0.1) is 0 Å². The Morgan fingerprint density at radius 2 is 1.29 bits per heavy atom. The third-order valence-electron chi connectivity index (χ3n) is 7.08. The summed E-state index contributed by atoms with van der Waals surface area (Å²) in [7, 11) is 0. The Kier molecular flexibility index (Phi) is 0.758. The van der Waals surface area contributed by atoms with Crippen LogP contribution in [0.2, 0.25) is 0 Å². The highest BCUT2D eigenvalue weighted by Crippen LogP contribution is 2.84. The molecule has 0 aliphatic heterocycles. The van der Waals surface area contributed by atoms with Crippen molar-refractivity contribution in [1.82, 2.24) is 0 Å². The first-order chi connectivity index (χ1) is 6.93. The quantitative estimate of drug-likeness (QED) is 0.507. The van der Waals surface area contributed by atoms with Crippen molar-refractivity contribution < 1.29 is 0 Å². The highest BCUT2D eigenvalue weighted by molar-refractivity contribution is 5.32. The number of rotatable bonds is 0. The molecule has 7 aliphatic rings. The second kappa shape index (κ2) is 1.62. The first-order valence-corrected chi connectivity index (χ1v) is 6.63. The van der Waals surface area contributed by atoms with E-state index in [-0.39, 0.29) is 0 Å². The Labute approximate surface area is 85.4 Å². The van der Waals surface area contributed by atoms with Gasteiger partial charge in [0.1, 0.15) is 0 Å². The van der Waals surface area contributed by atoms with E-state index >= 15 is 0 Å². The smallest absolute Gasteiger partial charge is 0.0340 e. The van der Waals surface area contributed by atoms with Gasteiger partial charge >= 0.3 is 0 Å². The fourth-order valence-electron chi connectivity index (χ4n) is 7.16. The zero-order chi connectivity index (χ0) is 8.60. The zero-order valence-electron chi connectivity index (χ0n) is 8.34. The van der Waals surface area contributed by atoms with E-state index in [2.05, 4.69) is 12.8 Å². The van der Waals surface area contributed by atoms with E-state index in [1.807, 2.05) is 0 Å². The zero-order valence-corrected chi connectivity index (χ0v) is 8.34. The molecule has 7 fully saturated rings. The van der Waals surface area contributed by atoms with Crippen molar-refractivity contribution in [3.05, 3.63) is 12.8 Å². The average Bonchev–Trinajstić information content (AvgIpc) is 2.77. The first kappa shape index (κ1) is 6.55. The van der Waals surface area contributed by atoms with Crippen molar-refractivity contribution in [3.63, 3.8) is 0 Å². The lowest BCUT2D eigenvalue weighted by Crippen LogP contribution is -2.40. The van der Waals surface area contributed by atoms with Crippen LogP contribution >= 0.6 is 0 Å². The van der Waals surface area contributed by atoms with E-state index in [1.54, 1.807) is 12.8 Å². The molecule has 0 aromatic heterocycles. The van der Waals surface area contributed by atoms with Crippen LogP contribution in [0, 0.1) is 72.0 Å². The molecule has 0 amide bonds. The standard InChI is InChI=1S/C14H16/c1-5-2-7-6(1)8(3-5)12-9-4-10-13(11(7)9)14(10)12/h2-3,5-14H,1,4H2/q-2. The summed E-state index contributed by atoms with van der Waals surface area (Å²) in [6.45, 7) is 0. The summed E-state index contributed by atoms with van der Waals surface area (Å²) in [4.78, 5) is 0. The molecule has 7 aliphatic carbocycles. The summed E-state index contributed by atoms with van der Waals surface area (Å²) in [6.07, 6.45) is 8.73. The van der Waals surface area contributed by atoms with E-state index in [0.29, 0.717) is 0 Å². The van der Waals surface area contributed by atoms with Crippen LogP contribution in [-0.4, -0.2) is 0 Å². The van der Waals surface area contributed by atoms with Crippen LogP contribution in [0.1, 0.15) is 12.8 Å². The molecule has 14 heavy (non-hydrogen) atoms.